The Balaban J connectivity index is 1.43. The van der Waals surface area contributed by atoms with Gasteiger partial charge in [0.2, 0.25) is 0 Å². The molecule has 0 fully saturated rings. The number of primary amides is 1. The van der Waals surface area contributed by atoms with Crippen molar-refractivity contribution in [2.75, 3.05) is 5.32 Å². The highest BCUT2D eigenvalue weighted by Gasteiger charge is 2.15. The second-order valence-corrected chi connectivity index (χ2v) is 6.80. The Morgan fingerprint density at radius 2 is 2.07 bits per heavy atom. The number of hydrogen-bond acceptors (Lipinski definition) is 6. The van der Waals surface area contributed by atoms with Crippen molar-refractivity contribution in [3.8, 4) is 11.3 Å². The molecule has 3 heterocycles. The van der Waals surface area contributed by atoms with Gasteiger partial charge in [-0.2, -0.15) is 0 Å². The number of nitrogens with two attached hydrogens (primary N) is 1. The van der Waals surface area contributed by atoms with Crippen molar-refractivity contribution < 1.29 is 9.59 Å². The lowest BCUT2D eigenvalue weighted by Gasteiger charge is -1.99. The van der Waals surface area contributed by atoms with Gasteiger partial charge in [-0.1, -0.05) is 35.5 Å². The molecule has 0 aliphatic carbocycles. The minimum absolute atomic E-state index is 0.199. The van der Waals surface area contributed by atoms with Gasteiger partial charge in [-0.15, -0.1) is 16.4 Å². The standard InChI is InChI=1S/C18H15N7O2S/c19-16(26)13-6-12(7-20-13)15-10-28-18(21-15)22-17(27)14-9-25(24-23-14)8-11-4-2-1-3-5-11/h1-7,9-10,20H,8H2,(H2,19,26)(H,21,22,27). The Kier molecular flexibility index (Phi) is 4.68. The third-order valence-electron chi connectivity index (χ3n) is 3.93. The monoisotopic (exact) mass is 393 g/mol. The molecule has 9 nitrogen and oxygen atoms in total. The summed E-state index contributed by atoms with van der Waals surface area (Å²) in [6.45, 7) is 0.526. The van der Waals surface area contributed by atoms with E-state index in [9.17, 15) is 9.59 Å². The molecule has 4 aromatic rings. The van der Waals surface area contributed by atoms with Gasteiger partial charge in [0.25, 0.3) is 11.8 Å². The molecule has 0 bridgehead atoms. The van der Waals surface area contributed by atoms with Crippen molar-refractivity contribution in [1.29, 1.82) is 0 Å². The van der Waals surface area contributed by atoms with E-state index in [1.165, 1.54) is 11.3 Å². The molecule has 0 saturated heterocycles. The van der Waals surface area contributed by atoms with Crippen LogP contribution in [0.3, 0.4) is 0 Å². The predicted molar refractivity (Wildman–Crippen MR) is 104 cm³/mol. The zero-order valence-electron chi connectivity index (χ0n) is 14.5. The van der Waals surface area contributed by atoms with E-state index in [-0.39, 0.29) is 5.69 Å². The lowest BCUT2D eigenvalue weighted by Crippen LogP contribution is -2.12. The van der Waals surface area contributed by atoms with E-state index in [0.29, 0.717) is 28.6 Å². The maximum atomic E-state index is 12.4. The maximum Gasteiger partial charge on any atom is 0.279 e. The number of carbonyl (C=O) groups is 2. The number of nitrogens with one attached hydrogen (secondary N) is 2. The summed E-state index contributed by atoms with van der Waals surface area (Å²) in [5, 5.41) is 12.8. The fourth-order valence-corrected chi connectivity index (χ4v) is 3.27. The van der Waals surface area contributed by atoms with Crippen LogP contribution in [0.5, 0.6) is 0 Å². The summed E-state index contributed by atoms with van der Waals surface area (Å²) in [5.41, 5.74) is 8.12. The van der Waals surface area contributed by atoms with E-state index in [2.05, 4.69) is 25.6 Å². The van der Waals surface area contributed by atoms with Crippen LogP contribution in [-0.2, 0) is 6.54 Å². The van der Waals surface area contributed by atoms with Gasteiger partial charge in [-0.3, -0.25) is 14.9 Å². The SMILES string of the molecule is NC(=O)c1cc(-c2csc(NC(=O)c3cn(Cc4ccccc4)nn3)n2)c[nH]1. The molecule has 0 unspecified atom stereocenters. The first kappa shape index (κ1) is 17.6. The first-order chi connectivity index (χ1) is 13.6. The van der Waals surface area contributed by atoms with Crippen LogP contribution in [0.2, 0.25) is 0 Å². The Labute approximate surface area is 163 Å². The van der Waals surface area contributed by atoms with Crippen LogP contribution in [0.25, 0.3) is 11.3 Å². The maximum absolute atomic E-state index is 12.4. The minimum Gasteiger partial charge on any atom is -0.364 e. The van der Waals surface area contributed by atoms with Gasteiger partial charge in [0, 0.05) is 17.1 Å². The highest BCUT2D eigenvalue weighted by atomic mass is 32.1. The van der Waals surface area contributed by atoms with Crippen molar-refractivity contribution in [2.24, 2.45) is 5.73 Å². The van der Waals surface area contributed by atoms with Gasteiger partial charge < -0.3 is 10.7 Å². The van der Waals surface area contributed by atoms with Crippen molar-refractivity contribution >= 4 is 28.3 Å². The number of nitrogens with zero attached hydrogens (tertiary/aromatic N) is 4. The van der Waals surface area contributed by atoms with Crippen LogP contribution < -0.4 is 11.1 Å². The summed E-state index contributed by atoms with van der Waals surface area (Å²) in [6.07, 6.45) is 3.22. The number of aromatic amines is 1. The number of hydrogen-bond donors (Lipinski definition) is 3. The number of amides is 2. The summed E-state index contributed by atoms with van der Waals surface area (Å²) < 4.78 is 1.60. The second kappa shape index (κ2) is 7.45. The average molecular weight is 393 g/mol. The van der Waals surface area contributed by atoms with Crippen LogP contribution in [0.4, 0.5) is 5.13 Å². The van der Waals surface area contributed by atoms with Gasteiger partial charge in [0.15, 0.2) is 10.8 Å². The Hall–Kier alpha value is -3.79. The average Bonchev–Trinajstić information content (AvgIpc) is 3.43. The second-order valence-electron chi connectivity index (χ2n) is 5.95. The van der Waals surface area contributed by atoms with Gasteiger partial charge in [-0.05, 0) is 11.6 Å². The number of rotatable bonds is 6. The first-order valence-electron chi connectivity index (χ1n) is 8.28. The zero-order chi connectivity index (χ0) is 19.5. The number of H-pyrrole nitrogens is 1. The fraction of sp³-hybridized carbons (Fsp3) is 0.0556. The zero-order valence-corrected chi connectivity index (χ0v) is 15.3. The highest BCUT2D eigenvalue weighted by molar-refractivity contribution is 7.14. The summed E-state index contributed by atoms with van der Waals surface area (Å²) in [4.78, 5) is 30.7. The highest BCUT2D eigenvalue weighted by Crippen LogP contribution is 2.25. The molecule has 0 spiro atoms. The Morgan fingerprint density at radius 3 is 2.82 bits per heavy atom. The molecule has 28 heavy (non-hydrogen) atoms. The number of benzene rings is 1. The molecular weight excluding hydrogens is 378 g/mol. The molecular formula is C18H15N7O2S. The molecule has 2 amide bonds. The quantitative estimate of drug-likeness (QED) is 0.462. The van der Waals surface area contributed by atoms with Crippen LogP contribution in [0, 0.1) is 0 Å². The van der Waals surface area contributed by atoms with Gasteiger partial charge in [0.1, 0.15) is 5.69 Å². The number of carbonyl (C=O) groups excluding carboxylic acids is 2. The Bertz CT molecular complexity index is 1130. The number of thiazole rings is 1. The van der Waals surface area contributed by atoms with Crippen LogP contribution in [0.15, 0.2) is 54.2 Å². The molecule has 4 N–H and O–H groups in total. The largest absolute Gasteiger partial charge is 0.364 e. The summed E-state index contributed by atoms with van der Waals surface area (Å²) >= 11 is 1.27. The van der Waals surface area contributed by atoms with E-state index in [4.69, 9.17) is 5.73 Å². The van der Waals surface area contributed by atoms with E-state index < -0.39 is 11.8 Å². The molecule has 0 atom stereocenters. The molecule has 0 aliphatic rings. The van der Waals surface area contributed by atoms with Crippen molar-refractivity contribution in [1.82, 2.24) is 25.0 Å². The molecule has 0 saturated carbocycles. The summed E-state index contributed by atoms with van der Waals surface area (Å²) in [5.74, 6) is -0.944. The third kappa shape index (κ3) is 3.81. The van der Waals surface area contributed by atoms with Crippen LogP contribution in [0.1, 0.15) is 26.5 Å². The summed E-state index contributed by atoms with van der Waals surface area (Å²) in [6, 6.07) is 11.4. The topological polar surface area (TPSA) is 132 Å². The van der Waals surface area contributed by atoms with E-state index in [0.717, 1.165) is 5.56 Å². The smallest absolute Gasteiger partial charge is 0.279 e. The number of anilines is 1. The van der Waals surface area contributed by atoms with Crippen molar-refractivity contribution in [2.45, 2.75) is 6.54 Å². The van der Waals surface area contributed by atoms with Crippen LogP contribution in [-0.4, -0.2) is 36.8 Å². The Morgan fingerprint density at radius 1 is 1.25 bits per heavy atom. The lowest BCUT2D eigenvalue weighted by atomic mass is 10.2. The molecule has 10 heteroatoms. The van der Waals surface area contributed by atoms with Gasteiger partial charge in [-0.25, -0.2) is 9.67 Å². The normalized spacial score (nSPS) is 10.7. The predicted octanol–water partition coefficient (Wildman–Crippen LogP) is 2.13. The molecule has 140 valence electrons. The molecule has 0 aliphatic heterocycles. The first-order valence-corrected chi connectivity index (χ1v) is 9.16. The number of aromatic nitrogens is 5. The van der Waals surface area contributed by atoms with E-state index in [1.807, 2.05) is 30.3 Å². The van der Waals surface area contributed by atoms with E-state index >= 15 is 0 Å². The summed E-state index contributed by atoms with van der Waals surface area (Å²) in [7, 11) is 0. The molecule has 1 aromatic carbocycles. The van der Waals surface area contributed by atoms with Gasteiger partial charge in [0.05, 0.1) is 18.4 Å². The third-order valence-corrected chi connectivity index (χ3v) is 4.69. The minimum atomic E-state index is -0.548. The van der Waals surface area contributed by atoms with Gasteiger partial charge >= 0.3 is 0 Å². The van der Waals surface area contributed by atoms with Crippen LogP contribution >= 0.6 is 11.3 Å². The molecule has 4 rings (SSSR count). The van der Waals surface area contributed by atoms with E-state index in [1.54, 1.807) is 28.5 Å². The van der Waals surface area contributed by atoms with Crippen molar-refractivity contribution in [3.05, 3.63) is 71.1 Å². The van der Waals surface area contributed by atoms with Crippen molar-refractivity contribution in [3.63, 3.8) is 0 Å². The molecule has 3 aromatic heterocycles. The molecule has 0 radical (unpaired) electrons. The lowest BCUT2D eigenvalue weighted by molar-refractivity contribution is 0.0993. The fourth-order valence-electron chi connectivity index (χ4n) is 2.56.